The fourth-order valence-electron chi connectivity index (χ4n) is 2.64. The molecular formula is C21H19F2N3O7. The maximum Gasteiger partial charge on any atom is 0.387 e. The molecule has 0 aliphatic rings. The van der Waals surface area contributed by atoms with E-state index in [-0.39, 0.29) is 36.4 Å². The highest BCUT2D eigenvalue weighted by molar-refractivity contribution is 5.96. The number of benzene rings is 2. The van der Waals surface area contributed by atoms with Crippen LogP contribution in [-0.4, -0.2) is 49.4 Å². The van der Waals surface area contributed by atoms with Gasteiger partial charge in [-0.15, -0.1) is 0 Å². The molecule has 0 atom stereocenters. The summed E-state index contributed by atoms with van der Waals surface area (Å²) in [6.07, 6.45) is 0. The predicted molar refractivity (Wildman–Crippen MR) is 108 cm³/mol. The molecule has 12 heteroatoms. The van der Waals surface area contributed by atoms with Crippen LogP contribution in [0.5, 0.6) is 17.2 Å². The molecule has 0 saturated carbocycles. The topological polar surface area (TPSA) is 122 Å². The first-order valence-corrected chi connectivity index (χ1v) is 9.43. The van der Waals surface area contributed by atoms with E-state index in [2.05, 4.69) is 20.2 Å². The van der Waals surface area contributed by atoms with Gasteiger partial charge in [0.25, 0.3) is 11.8 Å². The van der Waals surface area contributed by atoms with Gasteiger partial charge in [-0.05, 0) is 36.4 Å². The van der Waals surface area contributed by atoms with Crippen LogP contribution in [0.4, 0.5) is 8.78 Å². The van der Waals surface area contributed by atoms with Gasteiger partial charge in [0.1, 0.15) is 12.3 Å². The highest BCUT2D eigenvalue weighted by atomic mass is 19.3. The number of hydrogen-bond donors (Lipinski definition) is 1. The molecule has 1 aromatic heterocycles. The molecule has 3 aromatic rings. The number of halogens is 2. The number of rotatable bonds is 10. The predicted octanol–water partition coefficient (Wildman–Crippen LogP) is 2.83. The van der Waals surface area contributed by atoms with Crippen LogP contribution in [0.1, 0.15) is 16.2 Å². The molecule has 0 saturated heterocycles. The monoisotopic (exact) mass is 463 g/mol. The fourth-order valence-corrected chi connectivity index (χ4v) is 2.64. The van der Waals surface area contributed by atoms with E-state index in [1.54, 1.807) is 18.2 Å². The Hall–Kier alpha value is -4.22. The van der Waals surface area contributed by atoms with Crippen molar-refractivity contribution in [3.8, 4) is 28.6 Å². The van der Waals surface area contributed by atoms with Crippen LogP contribution in [-0.2, 0) is 16.1 Å². The van der Waals surface area contributed by atoms with Gasteiger partial charge < -0.3 is 28.8 Å². The molecule has 3 rings (SSSR count). The van der Waals surface area contributed by atoms with Crippen LogP contribution in [0, 0.1) is 0 Å². The number of hydrogen-bond acceptors (Lipinski definition) is 9. The summed E-state index contributed by atoms with van der Waals surface area (Å²) in [4.78, 5) is 28.1. The zero-order valence-corrected chi connectivity index (χ0v) is 17.5. The van der Waals surface area contributed by atoms with Crippen molar-refractivity contribution in [2.75, 3.05) is 20.8 Å². The molecule has 1 amide bonds. The van der Waals surface area contributed by atoms with E-state index >= 15 is 0 Å². The highest BCUT2D eigenvalue weighted by Gasteiger charge is 2.16. The number of nitrogens with zero attached hydrogens (tertiary/aromatic N) is 2. The Bertz CT molecular complexity index is 1120. The van der Waals surface area contributed by atoms with Crippen molar-refractivity contribution in [3.63, 3.8) is 0 Å². The summed E-state index contributed by atoms with van der Waals surface area (Å²) in [7, 11) is 2.77. The second-order valence-electron chi connectivity index (χ2n) is 6.33. The standard InChI is InChI=1S/C21H19F2N3O7/c1-29-14-5-3-4-13(8-14)20(28)24-10-18(27)31-11-17-25-19(26-33-17)12-6-7-15(32-21(22)23)16(9-12)30-2/h3-9,21H,10-11H2,1-2H3,(H,24,28). The molecule has 1 N–H and O–H groups in total. The van der Waals surface area contributed by atoms with Crippen LogP contribution < -0.4 is 19.5 Å². The third kappa shape index (κ3) is 6.38. The Morgan fingerprint density at radius 1 is 1.09 bits per heavy atom. The molecular weight excluding hydrogens is 444 g/mol. The molecule has 0 unspecified atom stereocenters. The summed E-state index contributed by atoms with van der Waals surface area (Å²) in [6.45, 7) is -3.71. The first kappa shape index (κ1) is 23.4. The Balaban J connectivity index is 1.53. The molecule has 10 nitrogen and oxygen atoms in total. The normalized spacial score (nSPS) is 10.6. The van der Waals surface area contributed by atoms with Crippen molar-refractivity contribution in [1.82, 2.24) is 15.5 Å². The molecule has 0 fully saturated rings. The Morgan fingerprint density at radius 2 is 1.91 bits per heavy atom. The van der Waals surface area contributed by atoms with Crippen molar-refractivity contribution in [1.29, 1.82) is 0 Å². The minimum absolute atomic E-state index is 0.00986. The van der Waals surface area contributed by atoms with E-state index in [0.29, 0.717) is 16.9 Å². The number of alkyl halides is 2. The highest BCUT2D eigenvalue weighted by Crippen LogP contribution is 2.32. The smallest absolute Gasteiger partial charge is 0.387 e. The lowest BCUT2D eigenvalue weighted by Crippen LogP contribution is -2.30. The number of ether oxygens (including phenoxy) is 4. The number of aromatic nitrogens is 2. The summed E-state index contributed by atoms with van der Waals surface area (Å²) < 4.78 is 49.4. The summed E-state index contributed by atoms with van der Waals surface area (Å²) in [5.41, 5.74) is 0.726. The van der Waals surface area contributed by atoms with E-state index in [1.165, 1.54) is 38.5 Å². The van der Waals surface area contributed by atoms with E-state index < -0.39 is 18.5 Å². The summed E-state index contributed by atoms with van der Waals surface area (Å²) in [6, 6.07) is 10.6. The Morgan fingerprint density at radius 3 is 2.64 bits per heavy atom. The SMILES string of the molecule is COc1cccc(C(=O)NCC(=O)OCc2nc(-c3ccc(OC(F)F)c(OC)c3)no2)c1. The largest absolute Gasteiger partial charge is 0.497 e. The molecule has 0 radical (unpaired) electrons. The van der Waals surface area contributed by atoms with Gasteiger partial charge in [-0.2, -0.15) is 13.8 Å². The van der Waals surface area contributed by atoms with Gasteiger partial charge in [-0.25, -0.2) is 0 Å². The quantitative estimate of drug-likeness (QED) is 0.452. The van der Waals surface area contributed by atoms with Crippen molar-refractivity contribution < 1.29 is 41.8 Å². The first-order chi connectivity index (χ1) is 15.9. The molecule has 33 heavy (non-hydrogen) atoms. The number of nitrogens with one attached hydrogen (secondary N) is 1. The van der Waals surface area contributed by atoms with Gasteiger partial charge in [0, 0.05) is 11.1 Å². The second kappa shape index (κ2) is 10.9. The third-order valence-electron chi connectivity index (χ3n) is 4.19. The Kier molecular flexibility index (Phi) is 7.73. The average molecular weight is 463 g/mol. The van der Waals surface area contributed by atoms with Crippen molar-refractivity contribution >= 4 is 11.9 Å². The first-order valence-electron chi connectivity index (χ1n) is 9.43. The molecule has 0 bridgehead atoms. The van der Waals surface area contributed by atoms with Gasteiger partial charge >= 0.3 is 12.6 Å². The Labute approximate surface area is 186 Å². The number of carbonyl (C=O) groups excluding carboxylic acids is 2. The van der Waals surface area contributed by atoms with Crippen molar-refractivity contribution in [3.05, 3.63) is 53.9 Å². The van der Waals surface area contributed by atoms with Crippen molar-refractivity contribution in [2.24, 2.45) is 0 Å². The van der Waals surface area contributed by atoms with Gasteiger partial charge in [0.2, 0.25) is 5.82 Å². The number of methoxy groups -OCH3 is 2. The van der Waals surface area contributed by atoms with Gasteiger partial charge in [0.05, 0.1) is 14.2 Å². The average Bonchev–Trinajstić information content (AvgIpc) is 3.30. The number of esters is 1. The van der Waals surface area contributed by atoms with Gasteiger partial charge in [0.15, 0.2) is 18.1 Å². The van der Waals surface area contributed by atoms with Crippen LogP contribution in [0.3, 0.4) is 0 Å². The van der Waals surface area contributed by atoms with Gasteiger partial charge in [-0.1, -0.05) is 11.2 Å². The summed E-state index contributed by atoms with van der Waals surface area (Å²) in [5.74, 6) is -0.674. The number of amides is 1. The lowest BCUT2D eigenvalue weighted by molar-refractivity contribution is -0.144. The zero-order valence-electron chi connectivity index (χ0n) is 17.5. The minimum atomic E-state index is -3.00. The zero-order chi connectivity index (χ0) is 23.8. The van der Waals surface area contributed by atoms with Gasteiger partial charge in [-0.3, -0.25) is 9.59 Å². The van der Waals surface area contributed by atoms with E-state index in [9.17, 15) is 18.4 Å². The second-order valence-corrected chi connectivity index (χ2v) is 6.33. The summed E-state index contributed by atoms with van der Waals surface area (Å²) >= 11 is 0. The van der Waals surface area contributed by atoms with Crippen LogP contribution >= 0.6 is 0 Å². The maximum atomic E-state index is 12.4. The molecule has 1 heterocycles. The molecule has 0 aliphatic carbocycles. The van der Waals surface area contributed by atoms with E-state index in [0.717, 1.165) is 0 Å². The third-order valence-corrected chi connectivity index (χ3v) is 4.19. The van der Waals surface area contributed by atoms with Crippen LogP contribution in [0.15, 0.2) is 47.0 Å². The molecule has 174 valence electrons. The molecule has 0 spiro atoms. The van der Waals surface area contributed by atoms with Crippen LogP contribution in [0.25, 0.3) is 11.4 Å². The minimum Gasteiger partial charge on any atom is -0.497 e. The van der Waals surface area contributed by atoms with Crippen molar-refractivity contribution in [2.45, 2.75) is 13.2 Å². The molecule has 2 aromatic carbocycles. The lowest BCUT2D eigenvalue weighted by Gasteiger charge is -2.10. The molecule has 0 aliphatic heterocycles. The fraction of sp³-hybridized carbons (Fsp3) is 0.238. The lowest BCUT2D eigenvalue weighted by atomic mass is 10.2. The maximum absolute atomic E-state index is 12.4. The summed E-state index contributed by atoms with van der Waals surface area (Å²) in [5, 5.41) is 6.19. The van der Waals surface area contributed by atoms with E-state index in [4.69, 9.17) is 18.7 Å². The van der Waals surface area contributed by atoms with E-state index in [1.807, 2.05) is 0 Å². The van der Waals surface area contributed by atoms with Crippen LogP contribution in [0.2, 0.25) is 0 Å². The number of carbonyl (C=O) groups is 2.